The van der Waals surface area contributed by atoms with E-state index in [-0.39, 0.29) is 11.7 Å². The summed E-state index contributed by atoms with van der Waals surface area (Å²) in [6, 6.07) is 16.2. The maximum atomic E-state index is 13.0. The van der Waals surface area contributed by atoms with Crippen LogP contribution in [0.3, 0.4) is 0 Å². The SMILES string of the molecule is O=C(NCCc1c[nH]c2ccccc12)c1cncc(NCc2ccc(F)cc2)c1. The number of hydrogen-bond donors (Lipinski definition) is 3. The van der Waals surface area contributed by atoms with Gasteiger partial charge in [0, 0.05) is 42.6 Å². The third-order valence-electron chi connectivity index (χ3n) is 4.77. The molecule has 2 aromatic heterocycles. The Labute approximate surface area is 168 Å². The Hall–Kier alpha value is -3.67. The summed E-state index contributed by atoms with van der Waals surface area (Å²) in [5, 5.41) is 7.33. The van der Waals surface area contributed by atoms with E-state index in [0.29, 0.717) is 18.7 Å². The fraction of sp³-hybridized carbons (Fsp3) is 0.130. The molecule has 5 nitrogen and oxygen atoms in total. The first-order valence-corrected chi connectivity index (χ1v) is 9.45. The van der Waals surface area contributed by atoms with Gasteiger partial charge in [0.05, 0.1) is 11.3 Å². The van der Waals surface area contributed by atoms with E-state index >= 15 is 0 Å². The second-order valence-corrected chi connectivity index (χ2v) is 6.81. The predicted octanol–water partition coefficient (Wildman–Crippen LogP) is 4.29. The zero-order valence-corrected chi connectivity index (χ0v) is 15.8. The lowest BCUT2D eigenvalue weighted by molar-refractivity contribution is 0.0954. The number of H-pyrrole nitrogens is 1. The number of carbonyl (C=O) groups excluding carboxylic acids is 1. The van der Waals surface area contributed by atoms with Crippen molar-refractivity contribution in [2.24, 2.45) is 0 Å². The van der Waals surface area contributed by atoms with Gasteiger partial charge in [-0.3, -0.25) is 9.78 Å². The summed E-state index contributed by atoms with van der Waals surface area (Å²) in [6.07, 6.45) is 5.93. The topological polar surface area (TPSA) is 69.8 Å². The molecule has 3 N–H and O–H groups in total. The third kappa shape index (κ3) is 4.60. The minimum Gasteiger partial charge on any atom is -0.380 e. The van der Waals surface area contributed by atoms with Gasteiger partial charge in [-0.2, -0.15) is 0 Å². The summed E-state index contributed by atoms with van der Waals surface area (Å²) in [7, 11) is 0. The quantitative estimate of drug-likeness (QED) is 0.442. The monoisotopic (exact) mass is 388 g/mol. The molecule has 4 rings (SSSR count). The second-order valence-electron chi connectivity index (χ2n) is 6.81. The Kier molecular flexibility index (Phi) is 5.52. The molecular weight excluding hydrogens is 367 g/mol. The number of halogens is 1. The van der Waals surface area contributed by atoms with Gasteiger partial charge >= 0.3 is 0 Å². The molecule has 0 radical (unpaired) electrons. The number of hydrogen-bond acceptors (Lipinski definition) is 3. The molecule has 4 aromatic rings. The molecule has 2 aromatic carbocycles. The van der Waals surface area contributed by atoms with Crippen LogP contribution in [0.1, 0.15) is 21.5 Å². The maximum Gasteiger partial charge on any atom is 0.252 e. The van der Waals surface area contributed by atoms with Gasteiger partial charge in [-0.1, -0.05) is 30.3 Å². The molecule has 0 saturated carbocycles. The smallest absolute Gasteiger partial charge is 0.252 e. The van der Waals surface area contributed by atoms with Crippen LogP contribution in [-0.2, 0) is 13.0 Å². The number of para-hydroxylation sites is 1. The standard InChI is InChI=1S/C23H21FN4O/c24-19-7-5-16(6-8-19)12-27-20-11-18(13-25-15-20)23(29)26-10-9-17-14-28-22-4-2-1-3-21(17)22/h1-8,11,13-15,27-28H,9-10,12H2,(H,26,29). The second kappa shape index (κ2) is 8.56. The molecule has 0 saturated heterocycles. The first kappa shape index (κ1) is 18.7. The van der Waals surface area contributed by atoms with Crippen LogP contribution in [0.5, 0.6) is 0 Å². The van der Waals surface area contributed by atoms with E-state index in [0.717, 1.165) is 23.2 Å². The van der Waals surface area contributed by atoms with E-state index in [1.807, 2.05) is 24.4 Å². The third-order valence-corrected chi connectivity index (χ3v) is 4.77. The highest BCUT2D eigenvalue weighted by molar-refractivity contribution is 5.94. The molecule has 146 valence electrons. The largest absolute Gasteiger partial charge is 0.380 e. The van der Waals surface area contributed by atoms with Gasteiger partial charge in [-0.25, -0.2) is 4.39 Å². The zero-order valence-electron chi connectivity index (χ0n) is 15.8. The number of aromatic amines is 1. The van der Waals surface area contributed by atoms with Crippen molar-refractivity contribution in [2.45, 2.75) is 13.0 Å². The molecule has 6 heteroatoms. The summed E-state index contributed by atoms with van der Waals surface area (Å²) < 4.78 is 13.0. The molecule has 0 atom stereocenters. The van der Waals surface area contributed by atoms with E-state index in [4.69, 9.17) is 0 Å². The Morgan fingerprint density at radius 2 is 1.90 bits per heavy atom. The van der Waals surface area contributed by atoms with Gasteiger partial charge in [0.25, 0.3) is 5.91 Å². The van der Waals surface area contributed by atoms with E-state index in [9.17, 15) is 9.18 Å². The van der Waals surface area contributed by atoms with Crippen molar-refractivity contribution < 1.29 is 9.18 Å². The molecule has 0 aliphatic carbocycles. The van der Waals surface area contributed by atoms with E-state index in [1.165, 1.54) is 23.1 Å². The number of amides is 1. The van der Waals surface area contributed by atoms with Crippen LogP contribution in [0.2, 0.25) is 0 Å². The Balaban J connectivity index is 1.32. The number of carbonyl (C=O) groups is 1. The van der Waals surface area contributed by atoms with E-state index in [2.05, 4.69) is 26.7 Å². The molecule has 29 heavy (non-hydrogen) atoms. The van der Waals surface area contributed by atoms with Crippen molar-refractivity contribution in [2.75, 3.05) is 11.9 Å². The zero-order chi connectivity index (χ0) is 20.1. The Bertz CT molecular complexity index is 1120. The van der Waals surface area contributed by atoms with Crippen molar-refractivity contribution in [3.8, 4) is 0 Å². The van der Waals surface area contributed by atoms with Crippen LogP contribution in [0.15, 0.2) is 73.2 Å². The summed E-state index contributed by atoms with van der Waals surface area (Å²) in [5.41, 5.74) is 4.44. The molecule has 0 aliphatic rings. The van der Waals surface area contributed by atoms with Gasteiger partial charge in [0.15, 0.2) is 0 Å². The fourth-order valence-corrected chi connectivity index (χ4v) is 3.22. The molecule has 0 fully saturated rings. The Morgan fingerprint density at radius 3 is 2.76 bits per heavy atom. The van der Waals surface area contributed by atoms with E-state index < -0.39 is 0 Å². The number of anilines is 1. The van der Waals surface area contributed by atoms with Gasteiger partial charge in [0.2, 0.25) is 0 Å². The molecule has 0 aliphatic heterocycles. The highest BCUT2D eigenvalue weighted by Gasteiger charge is 2.08. The average molecular weight is 388 g/mol. The van der Waals surface area contributed by atoms with Crippen molar-refractivity contribution >= 4 is 22.5 Å². The number of fused-ring (bicyclic) bond motifs is 1. The first-order chi connectivity index (χ1) is 14.2. The number of pyridine rings is 1. The molecule has 0 spiro atoms. The highest BCUT2D eigenvalue weighted by atomic mass is 19.1. The van der Waals surface area contributed by atoms with Gasteiger partial charge < -0.3 is 15.6 Å². The van der Waals surface area contributed by atoms with Crippen LogP contribution < -0.4 is 10.6 Å². The summed E-state index contributed by atoms with van der Waals surface area (Å²) >= 11 is 0. The predicted molar refractivity (Wildman–Crippen MR) is 112 cm³/mol. The summed E-state index contributed by atoms with van der Waals surface area (Å²) in [4.78, 5) is 19.9. The first-order valence-electron chi connectivity index (χ1n) is 9.45. The van der Waals surface area contributed by atoms with E-state index in [1.54, 1.807) is 30.6 Å². The lowest BCUT2D eigenvalue weighted by atomic mass is 10.1. The maximum absolute atomic E-state index is 13.0. The minimum absolute atomic E-state index is 0.164. The number of nitrogens with one attached hydrogen (secondary N) is 3. The lowest BCUT2D eigenvalue weighted by Crippen LogP contribution is -2.25. The van der Waals surface area contributed by atoms with Gasteiger partial charge in [-0.15, -0.1) is 0 Å². The number of rotatable bonds is 7. The highest BCUT2D eigenvalue weighted by Crippen LogP contribution is 2.18. The van der Waals surface area contributed by atoms with Crippen molar-refractivity contribution in [1.82, 2.24) is 15.3 Å². The molecule has 0 bridgehead atoms. The van der Waals surface area contributed by atoms with Crippen molar-refractivity contribution in [3.63, 3.8) is 0 Å². The Morgan fingerprint density at radius 1 is 1.07 bits per heavy atom. The van der Waals surface area contributed by atoms with Crippen LogP contribution >= 0.6 is 0 Å². The van der Waals surface area contributed by atoms with Gasteiger partial charge in [-0.05, 0) is 41.8 Å². The fourth-order valence-electron chi connectivity index (χ4n) is 3.22. The number of benzene rings is 2. The van der Waals surface area contributed by atoms with Crippen LogP contribution in [0.25, 0.3) is 10.9 Å². The molecule has 2 heterocycles. The molecular formula is C23H21FN4O. The van der Waals surface area contributed by atoms with Crippen molar-refractivity contribution in [3.05, 3.63) is 95.7 Å². The molecule has 0 unspecified atom stereocenters. The molecule has 1 amide bonds. The van der Waals surface area contributed by atoms with Gasteiger partial charge in [0.1, 0.15) is 5.82 Å². The van der Waals surface area contributed by atoms with Crippen LogP contribution in [0, 0.1) is 5.82 Å². The average Bonchev–Trinajstić information content (AvgIpc) is 3.17. The number of aromatic nitrogens is 2. The summed E-state index contributed by atoms with van der Waals surface area (Å²) in [5.74, 6) is -0.426. The van der Waals surface area contributed by atoms with Crippen LogP contribution in [0.4, 0.5) is 10.1 Å². The summed E-state index contributed by atoms with van der Waals surface area (Å²) in [6.45, 7) is 1.06. The normalized spacial score (nSPS) is 10.8. The minimum atomic E-state index is -0.262. The van der Waals surface area contributed by atoms with Crippen molar-refractivity contribution in [1.29, 1.82) is 0 Å². The lowest BCUT2D eigenvalue weighted by Gasteiger charge is -2.09. The number of nitrogens with zero attached hydrogens (tertiary/aromatic N) is 1. The van der Waals surface area contributed by atoms with Crippen LogP contribution in [-0.4, -0.2) is 22.4 Å².